The van der Waals surface area contributed by atoms with E-state index < -0.39 is 0 Å². The summed E-state index contributed by atoms with van der Waals surface area (Å²) in [6.07, 6.45) is 0. The number of aryl methyl sites for hydroxylation is 1. The summed E-state index contributed by atoms with van der Waals surface area (Å²) in [5, 5.41) is 11.9. The summed E-state index contributed by atoms with van der Waals surface area (Å²) in [5.74, 6) is 1.31. The zero-order valence-electron chi connectivity index (χ0n) is 12.4. The Morgan fingerprint density at radius 2 is 1.90 bits per heavy atom. The van der Waals surface area contributed by atoms with Crippen molar-refractivity contribution in [1.82, 2.24) is 0 Å². The molecule has 0 radical (unpaired) electrons. The minimum atomic E-state index is 0.0254. The zero-order valence-corrected chi connectivity index (χ0v) is 12.4. The summed E-state index contributed by atoms with van der Waals surface area (Å²) in [5.41, 5.74) is 8.22. The van der Waals surface area contributed by atoms with Gasteiger partial charge in [0.25, 0.3) is 0 Å². The van der Waals surface area contributed by atoms with E-state index in [1.807, 2.05) is 62.3 Å². The minimum absolute atomic E-state index is 0.0254. The van der Waals surface area contributed by atoms with E-state index in [-0.39, 0.29) is 5.84 Å². The first-order valence-corrected chi connectivity index (χ1v) is 6.55. The maximum Gasteiger partial charge on any atom is 0.173 e. The van der Waals surface area contributed by atoms with E-state index in [0.29, 0.717) is 17.1 Å². The summed E-state index contributed by atoms with van der Waals surface area (Å²) in [7, 11) is 3.93. The third-order valence-electron chi connectivity index (χ3n) is 3.15. The lowest BCUT2D eigenvalue weighted by molar-refractivity contribution is 0.318. The molecule has 2 rings (SSSR count). The summed E-state index contributed by atoms with van der Waals surface area (Å²) >= 11 is 0. The number of amidine groups is 1. The van der Waals surface area contributed by atoms with Crippen LogP contribution in [0.2, 0.25) is 0 Å². The lowest BCUT2D eigenvalue weighted by atomic mass is 10.1. The van der Waals surface area contributed by atoms with Crippen molar-refractivity contribution in [3.63, 3.8) is 0 Å². The Bertz CT molecular complexity index is 666. The maximum absolute atomic E-state index is 8.89. The Hall–Kier alpha value is -2.69. The molecule has 0 bridgehead atoms. The van der Waals surface area contributed by atoms with Crippen LogP contribution in [0.1, 0.15) is 11.1 Å². The van der Waals surface area contributed by atoms with Crippen molar-refractivity contribution in [3.05, 3.63) is 53.6 Å². The van der Waals surface area contributed by atoms with E-state index >= 15 is 0 Å². The third kappa shape index (κ3) is 3.25. The Balaban J connectivity index is 2.42. The van der Waals surface area contributed by atoms with E-state index in [9.17, 15) is 0 Å². The highest BCUT2D eigenvalue weighted by molar-refractivity contribution is 6.00. The van der Waals surface area contributed by atoms with Crippen molar-refractivity contribution >= 4 is 11.5 Å². The number of nitrogens with two attached hydrogens (primary N) is 1. The first-order chi connectivity index (χ1) is 10.0. The fraction of sp³-hybridized carbons (Fsp3) is 0.188. The second-order valence-corrected chi connectivity index (χ2v) is 4.93. The van der Waals surface area contributed by atoms with Crippen LogP contribution >= 0.6 is 0 Å². The van der Waals surface area contributed by atoms with Gasteiger partial charge in [-0.3, -0.25) is 0 Å². The van der Waals surface area contributed by atoms with Crippen molar-refractivity contribution in [1.29, 1.82) is 0 Å². The van der Waals surface area contributed by atoms with Crippen LogP contribution < -0.4 is 15.4 Å². The van der Waals surface area contributed by atoms with E-state index in [4.69, 9.17) is 15.7 Å². The van der Waals surface area contributed by atoms with Gasteiger partial charge in [0.05, 0.1) is 5.56 Å². The SMILES string of the molecule is Cc1cccc(/C(N)=N/O)c1Oc1cccc(N(C)C)c1. The molecular formula is C16H19N3O2. The fourth-order valence-corrected chi connectivity index (χ4v) is 1.99. The number of hydrogen-bond donors (Lipinski definition) is 2. The van der Waals surface area contributed by atoms with Gasteiger partial charge in [-0.15, -0.1) is 0 Å². The normalized spacial score (nSPS) is 11.3. The van der Waals surface area contributed by atoms with Crippen molar-refractivity contribution in [2.75, 3.05) is 19.0 Å². The molecular weight excluding hydrogens is 266 g/mol. The largest absolute Gasteiger partial charge is 0.456 e. The molecule has 0 spiro atoms. The van der Waals surface area contributed by atoms with Gasteiger partial charge in [-0.25, -0.2) is 0 Å². The lowest BCUT2D eigenvalue weighted by Crippen LogP contribution is -2.14. The molecule has 2 aromatic carbocycles. The zero-order chi connectivity index (χ0) is 15.4. The molecule has 0 aliphatic carbocycles. The first-order valence-electron chi connectivity index (χ1n) is 6.55. The van der Waals surface area contributed by atoms with Gasteiger partial charge in [-0.1, -0.05) is 23.4 Å². The molecule has 0 aromatic heterocycles. The van der Waals surface area contributed by atoms with Gasteiger partial charge >= 0.3 is 0 Å². The number of oxime groups is 1. The van der Waals surface area contributed by atoms with Crippen molar-refractivity contribution in [2.24, 2.45) is 10.9 Å². The molecule has 0 heterocycles. The van der Waals surface area contributed by atoms with Crippen molar-refractivity contribution in [2.45, 2.75) is 6.92 Å². The third-order valence-corrected chi connectivity index (χ3v) is 3.15. The summed E-state index contributed by atoms with van der Waals surface area (Å²) in [6, 6.07) is 13.2. The predicted molar refractivity (Wildman–Crippen MR) is 84.5 cm³/mol. The molecule has 21 heavy (non-hydrogen) atoms. The molecule has 0 saturated carbocycles. The summed E-state index contributed by atoms with van der Waals surface area (Å²) in [4.78, 5) is 2.00. The molecule has 2 aromatic rings. The van der Waals surface area contributed by atoms with E-state index in [0.717, 1.165) is 11.3 Å². The molecule has 0 atom stereocenters. The Kier molecular flexibility index (Phi) is 4.33. The van der Waals surface area contributed by atoms with E-state index in [1.54, 1.807) is 6.07 Å². The molecule has 0 unspecified atom stereocenters. The molecule has 110 valence electrons. The van der Waals surface area contributed by atoms with Gasteiger partial charge in [-0.2, -0.15) is 0 Å². The summed E-state index contributed by atoms with van der Waals surface area (Å²) < 4.78 is 5.96. The predicted octanol–water partition coefficient (Wildman–Crippen LogP) is 2.95. The number of nitrogens with zero attached hydrogens (tertiary/aromatic N) is 2. The number of benzene rings is 2. The maximum atomic E-state index is 8.89. The Labute approximate surface area is 124 Å². The van der Waals surface area contributed by atoms with Gasteiger partial charge in [0.15, 0.2) is 5.84 Å². The van der Waals surface area contributed by atoms with E-state index in [2.05, 4.69) is 5.16 Å². The molecule has 3 N–H and O–H groups in total. The number of rotatable bonds is 4. The first kappa shape index (κ1) is 14.7. The van der Waals surface area contributed by atoms with Crippen LogP contribution in [0.4, 0.5) is 5.69 Å². The van der Waals surface area contributed by atoms with Crippen LogP contribution in [-0.2, 0) is 0 Å². The smallest absolute Gasteiger partial charge is 0.173 e. The molecule has 0 amide bonds. The van der Waals surface area contributed by atoms with Gasteiger partial charge in [-0.05, 0) is 30.7 Å². The van der Waals surface area contributed by atoms with Crippen LogP contribution in [0.15, 0.2) is 47.6 Å². The molecule has 0 aliphatic heterocycles. The highest BCUT2D eigenvalue weighted by Crippen LogP contribution is 2.30. The van der Waals surface area contributed by atoms with Gasteiger partial charge in [0, 0.05) is 25.8 Å². The van der Waals surface area contributed by atoms with Crippen molar-refractivity contribution < 1.29 is 9.94 Å². The van der Waals surface area contributed by atoms with Crippen LogP contribution in [0, 0.1) is 6.92 Å². The Morgan fingerprint density at radius 1 is 1.19 bits per heavy atom. The average Bonchev–Trinajstić information content (AvgIpc) is 2.48. The molecule has 0 fully saturated rings. The van der Waals surface area contributed by atoms with Crippen LogP contribution in [0.5, 0.6) is 11.5 Å². The monoisotopic (exact) mass is 285 g/mol. The molecule has 5 heteroatoms. The number of ether oxygens (including phenoxy) is 1. The highest BCUT2D eigenvalue weighted by Gasteiger charge is 2.12. The topological polar surface area (TPSA) is 71.1 Å². The molecule has 0 saturated heterocycles. The number of para-hydroxylation sites is 1. The molecule has 0 aliphatic rings. The number of hydrogen-bond acceptors (Lipinski definition) is 4. The lowest BCUT2D eigenvalue weighted by Gasteiger charge is -2.16. The fourth-order valence-electron chi connectivity index (χ4n) is 1.99. The van der Waals surface area contributed by atoms with Gasteiger partial charge in [0.2, 0.25) is 0 Å². The van der Waals surface area contributed by atoms with E-state index in [1.165, 1.54) is 0 Å². The Morgan fingerprint density at radius 3 is 2.57 bits per heavy atom. The van der Waals surface area contributed by atoms with Gasteiger partial charge in [0.1, 0.15) is 11.5 Å². The van der Waals surface area contributed by atoms with Crippen LogP contribution in [0.3, 0.4) is 0 Å². The van der Waals surface area contributed by atoms with Crippen LogP contribution in [0.25, 0.3) is 0 Å². The second-order valence-electron chi connectivity index (χ2n) is 4.93. The highest BCUT2D eigenvalue weighted by atomic mass is 16.5. The standard InChI is InChI=1S/C16H19N3O2/c1-11-6-4-9-14(16(17)18-20)15(11)21-13-8-5-7-12(10-13)19(2)3/h4-10,20H,1-3H3,(H2,17,18). The minimum Gasteiger partial charge on any atom is -0.456 e. The van der Waals surface area contributed by atoms with Crippen LogP contribution in [-0.4, -0.2) is 25.1 Å². The number of anilines is 1. The molecule has 5 nitrogen and oxygen atoms in total. The van der Waals surface area contributed by atoms with Gasteiger partial charge < -0.3 is 20.6 Å². The second kappa shape index (κ2) is 6.17. The average molecular weight is 285 g/mol. The summed E-state index contributed by atoms with van der Waals surface area (Å²) in [6.45, 7) is 1.92. The quantitative estimate of drug-likeness (QED) is 0.392. The van der Waals surface area contributed by atoms with Crippen molar-refractivity contribution in [3.8, 4) is 11.5 Å².